The lowest BCUT2D eigenvalue weighted by atomic mass is 9.87. The zero-order valence-corrected chi connectivity index (χ0v) is 12.8. The predicted octanol–water partition coefficient (Wildman–Crippen LogP) is 1.98. The average molecular weight is 304 g/mol. The summed E-state index contributed by atoms with van der Waals surface area (Å²) in [5.74, 6) is -0.357. The monoisotopic (exact) mass is 304 g/mol. The SMILES string of the molecule is CCN(C(=O)NC)c1ccc2c(c1)C1(CCO2)CC1C(=O)O. The van der Waals surface area contributed by atoms with E-state index in [0.29, 0.717) is 26.0 Å². The van der Waals surface area contributed by atoms with Gasteiger partial charge in [0.15, 0.2) is 0 Å². The number of carboxylic acids is 1. The van der Waals surface area contributed by atoms with Gasteiger partial charge in [-0.2, -0.15) is 0 Å². The molecule has 1 aromatic carbocycles. The van der Waals surface area contributed by atoms with Crippen LogP contribution in [0.5, 0.6) is 5.75 Å². The number of nitrogens with zero attached hydrogens (tertiary/aromatic N) is 1. The molecule has 0 saturated heterocycles. The first kappa shape index (κ1) is 14.7. The summed E-state index contributed by atoms with van der Waals surface area (Å²) < 4.78 is 5.67. The fourth-order valence-electron chi connectivity index (χ4n) is 3.46. The highest BCUT2D eigenvalue weighted by Crippen LogP contribution is 2.61. The third kappa shape index (κ3) is 2.10. The minimum atomic E-state index is -0.753. The van der Waals surface area contributed by atoms with Gasteiger partial charge in [0.1, 0.15) is 5.75 Å². The lowest BCUT2D eigenvalue weighted by molar-refractivity contribution is -0.139. The van der Waals surface area contributed by atoms with Crippen LogP contribution in [0.2, 0.25) is 0 Å². The van der Waals surface area contributed by atoms with Gasteiger partial charge in [-0.25, -0.2) is 4.79 Å². The van der Waals surface area contributed by atoms with Crippen LogP contribution in [0.1, 0.15) is 25.3 Å². The van der Waals surface area contributed by atoms with E-state index in [1.54, 1.807) is 11.9 Å². The topological polar surface area (TPSA) is 78.9 Å². The molecule has 2 amide bonds. The molecule has 2 atom stereocenters. The Morgan fingerprint density at radius 2 is 2.27 bits per heavy atom. The van der Waals surface area contributed by atoms with Gasteiger partial charge >= 0.3 is 12.0 Å². The van der Waals surface area contributed by atoms with E-state index in [1.165, 1.54) is 0 Å². The van der Waals surface area contributed by atoms with Crippen molar-refractivity contribution in [3.05, 3.63) is 23.8 Å². The Balaban J connectivity index is 2.00. The number of hydrogen-bond acceptors (Lipinski definition) is 3. The van der Waals surface area contributed by atoms with Crippen LogP contribution in [0.4, 0.5) is 10.5 Å². The van der Waals surface area contributed by atoms with Crippen molar-refractivity contribution < 1.29 is 19.4 Å². The van der Waals surface area contributed by atoms with E-state index in [1.807, 2.05) is 25.1 Å². The number of benzene rings is 1. The summed E-state index contributed by atoms with van der Waals surface area (Å²) in [7, 11) is 1.59. The highest BCUT2D eigenvalue weighted by molar-refractivity contribution is 5.92. The van der Waals surface area contributed by atoms with Crippen LogP contribution in [0.3, 0.4) is 0 Å². The Labute approximate surface area is 129 Å². The lowest BCUT2D eigenvalue weighted by Crippen LogP contribution is -2.38. The molecule has 1 aliphatic carbocycles. The van der Waals surface area contributed by atoms with E-state index in [4.69, 9.17) is 4.74 Å². The van der Waals surface area contributed by atoms with Gasteiger partial charge < -0.3 is 15.2 Å². The summed E-state index contributed by atoms with van der Waals surface area (Å²) in [4.78, 5) is 24.9. The number of aliphatic carboxylic acids is 1. The van der Waals surface area contributed by atoms with Crippen molar-refractivity contribution >= 4 is 17.7 Å². The number of urea groups is 1. The van der Waals surface area contributed by atoms with Gasteiger partial charge in [0.25, 0.3) is 0 Å². The number of amides is 2. The van der Waals surface area contributed by atoms with E-state index >= 15 is 0 Å². The molecule has 118 valence electrons. The molecule has 0 aromatic heterocycles. The number of carboxylic acid groups (broad SMARTS) is 1. The molecule has 1 aliphatic heterocycles. The summed E-state index contributed by atoms with van der Waals surface area (Å²) in [6.45, 7) is 2.98. The molecular weight excluding hydrogens is 284 g/mol. The minimum absolute atomic E-state index is 0.182. The number of carbonyl (C=O) groups is 2. The second-order valence-corrected chi connectivity index (χ2v) is 5.83. The van der Waals surface area contributed by atoms with Crippen LogP contribution in [0.25, 0.3) is 0 Å². The molecule has 22 heavy (non-hydrogen) atoms. The molecule has 0 radical (unpaired) electrons. The van der Waals surface area contributed by atoms with E-state index in [0.717, 1.165) is 17.0 Å². The maximum absolute atomic E-state index is 12.0. The molecule has 2 N–H and O–H groups in total. The molecule has 1 spiro atoms. The number of rotatable bonds is 3. The van der Waals surface area contributed by atoms with Gasteiger partial charge in [-0.05, 0) is 38.0 Å². The van der Waals surface area contributed by atoms with Crippen LogP contribution in [-0.4, -0.2) is 37.3 Å². The third-order valence-electron chi connectivity index (χ3n) is 4.77. The first-order chi connectivity index (χ1) is 10.5. The fraction of sp³-hybridized carbons (Fsp3) is 0.500. The molecule has 1 saturated carbocycles. The Kier molecular flexibility index (Phi) is 3.47. The number of nitrogens with one attached hydrogen (secondary N) is 1. The van der Waals surface area contributed by atoms with Crippen LogP contribution < -0.4 is 15.0 Å². The number of hydrogen-bond donors (Lipinski definition) is 2. The number of ether oxygens (including phenoxy) is 1. The third-order valence-corrected chi connectivity index (χ3v) is 4.77. The minimum Gasteiger partial charge on any atom is -0.493 e. The molecule has 2 unspecified atom stereocenters. The van der Waals surface area contributed by atoms with Crippen LogP contribution >= 0.6 is 0 Å². The van der Waals surface area contributed by atoms with Crippen LogP contribution in [0, 0.1) is 5.92 Å². The second kappa shape index (κ2) is 5.19. The number of anilines is 1. The zero-order chi connectivity index (χ0) is 15.9. The Morgan fingerprint density at radius 1 is 1.50 bits per heavy atom. The first-order valence-electron chi connectivity index (χ1n) is 7.53. The molecule has 1 fully saturated rings. The summed E-state index contributed by atoms with van der Waals surface area (Å²) in [5.41, 5.74) is 1.37. The molecule has 6 nitrogen and oxygen atoms in total. The van der Waals surface area contributed by atoms with Gasteiger partial charge in [-0.3, -0.25) is 9.69 Å². The molecule has 2 aliphatic rings. The smallest absolute Gasteiger partial charge is 0.321 e. The normalized spacial score (nSPS) is 25.1. The van der Waals surface area contributed by atoms with Crippen LogP contribution in [0.15, 0.2) is 18.2 Å². The van der Waals surface area contributed by atoms with Gasteiger partial charge in [0.05, 0.1) is 12.5 Å². The molecule has 0 bridgehead atoms. The first-order valence-corrected chi connectivity index (χ1v) is 7.53. The predicted molar refractivity (Wildman–Crippen MR) is 81.5 cm³/mol. The Morgan fingerprint density at radius 3 is 2.86 bits per heavy atom. The summed E-state index contributed by atoms with van der Waals surface area (Å²) >= 11 is 0. The molecule has 1 aromatic rings. The van der Waals surface area contributed by atoms with Gasteiger partial charge in [-0.1, -0.05) is 0 Å². The van der Waals surface area contributed by atoms with E-state index < -0.39 is 5.97 Å². The van der Waals surface area contributed by atoms with Gasteiger partial charge in [0, 0.05) is 30.3 Å². The highest BCUT2D eigenvalue weighted by Gasteiger charge is 2.61. The van der Waals surface area contributed by atoms with Crippen molar-refractivity contribution in [2.45, 2.75) is 25.2 Å². The van der Waals surface area contributed by atoms with Crippen molar-refractivity contribution in [2.24, 2.45) is 5.92 Å². The van der Waals surface area contributed by atoms with Crippen molar-refractivity contribution in [2.75, 3.05) is 25.1 Å². The summed E-state index contributed by atoms with van der Waals surface area (Å²) in [5, 5.41) is 12.0. The standard InChI is InChI=1S/C16H20N2O4/c1-3-18(15(21)17-2)10-4-5-13-11(8-10)16(6-7-22-13)9-12(16)14(19)20/h4-5,8,12H,3,6-7,9H2,1-2H3,(H,17,21)(H,19,20). The summed E-state index contributed by atoms with van der Waals surface area (Å²) in [6, 6.07) is 5.41. The number of fused-ring (bicyclic) bond motifs is 2. The van der Waals surface area contributed by atoms with Crippen molar-refractivity contribution in [1.29, 1.82) is 0 Å². The maximum Gasteiger partial charge on any atom is 0.321 e. The van der Waals surface area contributed by atoms with Gasteiger partial charge in [0.2, 0.25) is 0 Å². The molecular formula is C16H20N2O4. The van der Waals surface area contributed by atoms with E-state index in [9.17, 15) is 14.7 Å². The van der Waals surface area contributed by atoms with E-state index in [2.05, 4.69) is 5.32 Å². The lowest BCUT2D eigenvalue weighted by Gasteiger charge is -2.29. The van der Waals surface area contributed by atoms with Crippen LogP contribution in [-0.2, 0) is 10.2 Å². The highest BCUT2D eigenvalue weighted by atomic mass is 16.5. The van der Waals surface area contributed by atoms with Gasteiger partial charge in [-0.15, -0.1) is 0 Å². The quantitative estimate of drug-likeness (QED) is 0.895. The maximum atomic E-state index is 12.0. The molecule has 3 rings (SSSR count). The Hall–Kier alpha value is -2.24. The Bertz CT molecular complexity index is 631. The molecule has 1 heterocycles. The zero-order valence-electron chi connectivity index (χ0n) is 12.8. The average Bonchev–Trinajstić information content (AvgIpc) is 3.24. The van der Waals surface area contributed by atoms with Crippen molar-refractivity contribution in [3.63, 3.8) is 0 Å². The second-order valence-electron chi connectivity index (χ2n) is 5.83. The number of carbonyl (C=O) groups excluding carboxylic acids is 1. The largest absolute Gasteiger partial charge is 0.493 e. The van der Waals surface area contributed by atoms with E-state index in [-0.39, 0.29) is 17.4 Å². The summed E-state index contributed by atoms with van der Waals surface area (Å²) in [6.07, 6.45) is 1.36. The molecule has 6 heteroatoms. The fourth-order valence-corrected chi connectivity index (χ4v) is 3.46. The van der Waals surface area contributed by atoms with Crippen molar-refractivity contribution in [3.8, 4) is 5.75 Å². The van der Waals surface area contributed by atoms with Crippen molar-refractivity contribution in [1.82, 2.24) is 5.32 Å².